The Hall–Kier alpha value is -1.60. The summed E-state index contributed by atoms with van der Waals surface area (Å²) in [6.45, 7) is 4.41. The zero-order chi connectivity index (χ0) is 13.1. The minimum Gasteiger partial charge on any atom is -0.497 e. The minimum atomic E-state index is -0.0942. The summed E-state index contributed by atoms with van der Waals surface area (Å²) in [5.74, 6) is 0.630. The maximum atomic E-state index is 11.9. The molecule has 1 unspecified atom stereocenters. The molecule has 1 aromatic rings. The van der Waals surface area contributed by atoms with Crippen LogP contribution in [0.15, 0.2) is 23.5 Å². The first-order valence-electron chi connectivity index (χ1n) is 6.01. The van der Waals surface area contributed by atoms with Crippen molar-refractivity contribution >= 4 is 17.1 Å². The van der Waals surface area contributed by atoms with Gasteiger partial charge < -0.3 is 4.74 Å². The molecule has 1 aromatic heterocycles. The first-order valence-corrected chi connectivity index (χ1v) is 6.83. The van der Waals surface area contributed by atoms with Gasteiger partial charge in [-0.05, 0) is 26.0 Å². The van der Waals surface area contributed by atoms with Gasteiger partial charge in [-0.3, -0.25) is 4.79 Å². The van der Waals surface area contributed by atoms with Gasteiger partial charge in [0.05, 0.1) is 6.61 Å². The van der Waals surface area contributed by atoms with Gasteiger partial charge in [-0.1, -0.05) is 0 Å². The summed E-state index contributed by atoms with van der Waals surface area (Å²) in [7, 11) is 0. The van der Waals surface area contributed by atoms with Crippen LogP contribution in [0.25, 0.3) is 0 Å². The molecule has 4 heteroatoms. The fourth-order valence-corrected chi connectivity index (χ4v) is 3.16. The molecule has 94 valence electrons. The molecule has 0 spiro atoms. The minimum absolute atomic E-state index is 0.0942. The highest BCUT2D eigenvalue weighted by molar-refractivity contribution is 7.12. The van der Waals surface area contributed by atoms with Gasteiger partial charge in [0.25, 0.3) is 0 Å². The molecule has 0 radical (unpaired) electrons. The largest absolute Gasteiger partial charge is 0.497 e. The number of nitriles is 1. The predicted octanol–water partition coefficient (Wildman–Crippen LogP) is 3.32. The lowest BCUT2D eigenvalue weighted by atomic mass is 9.86. The summed E-state index contributed by atoms with van der Waals surface area (Å²) in [6, 6.07) is 6.11. The average Bonchev–Trinajstić information content (AvgIpc) is 2.76. The number of hydrogen-bond acceptors (Lipinski definition) is 4. The Kier molecular flexibility index (Phi) is 3.83. The molecule has 1 atom stereocenters. The number of carbonyl (C=O) groups excluding carboxylic acids is 1. The normalized spacial score (nSPS) is 19.8. The van der Waals surface area contributed by atoms with E-state index in [-0.39, 0.29) is 17.3 Å². The van der Waals surface area contributed by atoms with E-state index in [2.05, 4.69) is 19.1 Å². The van der Waals surface area contributed by atoms with E-state index in [1.807, 2.05) is 13.0 Å². The summed E-state index contributed by atoms with van der Waals surface area (Å²) in [5.41, 5.74) is 0.210. The second-order valence-corrected chi connectivity index (χ2v) is 5.64. The number of rotatable bonds is 3. The lowest BCUT2D eigenvalue weighted by molar-refractivity contribution is -0.116. The first-order chi connectivity index (χ1) is 8.65. The molecule has 0 saturated heterocycles. The third-order valence-electron chi connectivity index (χ3n) is 3.02. The number of ether oxygens (including phenoxy) is 1. The van der Waals surface area contributed by atoms with Gasteiger partial charge in [0, 0.05) is 28.5 Å². The van der Waals surface area contributed by atoms with E-state index in [4.69, 9.17) is 10.00 Å². The summed E-state index contributed by atoms with van der Waals surface area (Å²) in [4.78, 5) is 14.4. The van der Waals surface area contributed by atoms with E-state index < -0.39 is 0 Å². The van der Waals surface area contributed by atoms with Crippen LogP contribution < -0.4 is 0 Å². The third-order valence-corrected chi connectivity index (χ3v) is 4.18. The van der Waals surface area contributed by atoms with Gasteiger partial charge in [0.2, 0.25) is 0 Å². The van der Waals surface area contributed by atoms with Gasteiger partial charge in [-0.2, -0.15) is 5.26 Å². The number of allylic oxidation sites excluding steroid dienone is 2. The monoisotopic (exact) mass is 261 g/mol. The van der Waals surface area contributed by atoms with E-state index in [1.54, 1.807) is 11.3 Å². The van der Waals surface area contributed by atoms with Gasteiger partial charge in [0.1, 0.15) is 17.4 Å². The van der Waals surface area contributed by atoms with Crippen LogP contribution in [0.1, 0.15) is 35.4 Å². The molecule has 1 heterocycles. The Morgan fingerprint density at radius 3 is 2.83 bits per heavy atom. The maximum absolute atomic E-state index is 11.9. The van der Waals surface area contributed by atoms with E-state index >= 15 is 0 Å². The SMILES string of the molecule is CCOC1=C(C#N)C(=O)CC(c2ccc(C)s2)C1. The molecule has 0 aliphatic heterocycles. The Labute approximate surface area is 111 Å². The average molecular weight is 261 g/mol. The first kappa shape index (κ1) is 12.8. The van der Waals surface area contributed by atoms with Crippen molar-refractivity contribution in [2.75, 3.05) is 6.61 Å². The van der Waals surface area contributed by atoms with Crippen LogP contribution in [-0.2, 0) is 9.53 Å². The van der Waals surface area contributed by atoms with E-state index in [0.717, 1.165) is 0 Å². The Bertz CT molecular complexity index is 536. The van der Waals surface area contributed by atoms with Crippen LogP contribution in [0.2, 0.25) is 0 Å². The van der Waals surface area contributed by atoms with Crippen molar-refractivity contribution in [3.63, 3.8) is 0 Å². The summed E-state index contributed by atoms with van der Waals surface area (Å²) >= 11 is 1.71. The Morgan fingerprint density at radius 1 is 1.50 bits per heavy atom. The second kappa shape index (κ2) is 5.36. The van der Waals surface area contributed by atoms with E-state index in [0.29, 0.717) is 25.2 Å². The number of nitrogens with zero attached hydrogens (tertiary/aromatic N) is 1. The maximum Gasteiger partial charge on any atom is 0.177 e. The smallest absolute Gasteiger partial charge is 0.177 e. The van der Waals surface area contributed by atoms with E-state index in [9.17, 15) is 4.79 Å². The quantitative estimate of drug-likeness (QED) is 0.838. The molecular formula is C14H15NO2S. The lowest BCUT2D eigenvalue weighted by Crippen LogP contribution is -2.18. The van der Waals surface area contributed by atoms with Crippen LogP contribution in [0.3, 0.4) is 0 Å². The van der Waals surface area contributed by atoms with Crippen molar-refractivity contribution in [2.24, 2.45) is 0 Å². The van der Waals surface area contributed by atoms with Crippen molar-refractivity contribution in [1.82, 2.24) is 0 Å². The van der Waals surface area contributed by atoms with Crippen LogP contribution in [0.4, 0.5) is 0 Å². The van der Waals surface area contributed by atoms with Crippen LogP contribution >= 0.6 is 11.3 Å². The molecule has 1 aliphatic rings. The third kappa shape index (κ3) is 2.46. The number of Topliss-reactive ketones (excluding diaryl/α,β-unsaturated/α-hetero) is 1. The highest BCUT2D eigenvalue weighted by atomic mass is 32.1. The van der Waals surface area contributed by atoms with Gasteiger partial charge in [-0.15, -0.1) is 11.3 Å². The summed E-state index contributed by atoms with van der Waals surface area (Å²) in [6.07, 6.45) is 1.07. The fraction of sp³-hybridized carbons (Fsp3) is 0.429. The fourth-order valence-electron chi connectivity index (χ4n) is 2.18. The lowest BCUT2D eigenvalue weighted by Gasteiger charge is -2.22. The highest BCUT2D eigenvalue weighted by Crippen LogP contribution is 2.37. The summed E-state index contributed by atoms with van der Waals surface area (Å²) in [5, 5.41) is 9.01. The summed E-state index contributed by atoms with van der Waals surface area (Å²) < 4.78 is 5.46. The van der Waals surface area contributed by atoms with Crippen LogP contribution in [-0.4, -0.2) is 12.4 Å². The van der Waals surface area contributed by atoms with Gasteiger partial charge in [-0.25, -0.2) is 0 Å². The molecule has 0 aromatic carbocycles. The molecule has 0 N–H and O–H groups in total. The number of carbonyl (C=O) groups is 1. The second-order valence-electron chi connectivity index (χ2n) is 4.32. The molecule has 0 bridgehead atoms. The Morgan fingerprint density at radius 2 is 2.28 bits per heavy atom. The molecular weight excluding hydrogens is 246 g/mol. The van der Waals surface area contributed by atoms with Crippen molar-refractivity contribution in [3.8, 4) is 6.07 Å². The van der Waals surface area contributed by atoms with Crippen molar-refractivity contribution in [3.05, 3.63) is 33.2 Å². The molecule has 3 nitrogen and oxygen atoms in total. The standard InChI is InChI=1S/C14H15NO2S/c1-3-17-13-7-10(6-12(16)11(13)8-15)14-5-4-9(2)18-14/h4-5,10H,3,6-7H2,1-2H3. The van der Waals surface area contributed by atoms with Gasteiger partial charge in [0.15, 0.2) is 5.78 Å². The molecule has 18 heavy (non-hydrogen) atoms. The number of aryl methyl sites for hydroxylation is 1. The zero-order valence-electron chi connectivity index (χ0n) is 10.5. The molecule has 2 rings (SSSR count). The van der Waals surface area contributed by atoms with Crippen molar-refractivity contribution in [1.29, 1.82) is 5.26 Å². The number of thiophene rings is 1. The Balaban J connectivity index is 2.28. The van der Waals surface area contributed by atoms with Gasteiger partial charge >= 0.3 is 0 Å². The number of hydrogen-bond donors (Lipinski definition) is 0. The molecule has 0 amide bonds. The van der Waals surface area contributed by atoms with Crippen molar-refractivity contribution in [2.45, 2.75) is 32.6 Å². The molecule has 0 fully saturated rings. The van der Waals surface area contributed by atoms with E-state index in [1.165, 1.54) is 9.75 Å². The molecule has 1 aliphatic carbocycles. The van der Waals surface area contributed by atoms with Crippen molar-refractivity contribution < 1.29 is 9.53 Å². The van der Waals surface area contributed by atoms with Crippen LogP contribution in [0, 0.1) is 18.3 Å². The highest BCUT2D eigenvalue weighted by Gasteiger charge is 2.30. The molecule has 0 saturated carbocycles. The topological polar surface area (TPSA) is 50.1 Å². The predicted molar refractivity (Wildman–Crippen MR) is 70.3 cm³/mol. The zero-order valence-corrected chi connectivity index (χ0v) is 11.3. The van der Waals surface area contributed by atoms with Crippen LogP contribution in [0.5, 0.6) is 0 Å². The number of ketones is 1.